The number of benzene rings is 1. The number of ether oxygens (including phenoxy) is 3. The Morgan fingerprint density at radius 3 is 2.35 bits per heavy atom. The van der Waals surface area contributed by atoms with Gasteiger partial charge in [-0.25, -0.2) is 0 Å². The quantitative estimate of drug-likeness (QED) is 0.605. The Kier molecular flexibility index (Phi) is 5.05. The molecular formula is C17H20N2O4. The van der Waals surface area contributed by atoms with E-state index in [-0.39, 0.29) is 5.78 Å². The molecule has 2 aromatic rings. The average molecular weight is 316 g/mol. The third kappa shape index (κ3) is 3.36. The van der Waals surface area contributed by atoms with Crippen molar-refractivity contribution < 1.29 is 19.0 Å². The maximum absolute atomic E-state index is 12.3. The molecule has 6 heteroatoms. The van der Waals surface area contributed by atoms with Gasteiger partial charge < -0.3 is 14.2 Å². The minimum absolute atomic E-state index is 0.134. The van der Waals surface area contributed by atoms with Crippen LogP contribution >= 0.6 is 0 Å². The van der Waals surface area contributed by atoms with Crippen LogP contribution in [0.15, 0.2) is 24.3 Å². The standard InChI is InChI=1S/C17H20N2O4/c1-11-10-13(19(2)18-11)14(20)8-6-12-7-9-15(21-3)17(23-5)16(12)22-4/h6-10H,1-5H3/b8-6+. The molecule has 0 amide bonds. The molecule has 0 spiro atoms. The van der Waals surface area contributed by atoms with Crippen molar-refractivity contribution in [2.24, 2.45) is 7.05 Å². The van der Waals surface area contributed by atoms with Gasteiger partial charge in [0.15, 0.2) is 11.5 Å². The molecule has 1 aromatic carbocycles. The van der Waals surface area contributed by atoms with Crippen LogP contribution in [0.25, 0.3) is 6.08 Å². The summed E-state index contributed by atoms with van der Waals surface area (Å²) in [7, 11) is 6.38. The summed E-state index contributed by atoms with van der Waals surface area (Å²) in [5.74, 6) is 1.43. The van der Waals surface area contributed by atoms with E-state index in [4.69, 9.17) is 14.2 Å². The topological polar surface area (TPSA) is 62.6 Å². The summed E-state index contributed by atoms with van der Waals surface area (Å²) in [5, 5.41) is 4.17. The summed E-state index contributed by atoms with van der Waals surface area (Å²) in [4.78, 5) is 12.3. The smallest absolute Gasteiger partial charge is 0.203 e. The van der Waals surface area contributed by atoms with E-state index in [1.54, 1.807) is 50.2 Å². The lowest BCUT2D eigenvalue weighted by molar-refractivity contribution is 0.103. The number of carbonyl (C=O) groups excluding carboxylic acids is 1. The summed E-state index contributed by atoms with van der Waals surface area (Å²) < 4.78 is 17.5. The van der Waals surface area contributed by atoms with Crippen LogP contribution in [0.2, 0.25) is 0 Å². The lowest BCUT2D eigenvalue weighted by Crippen LogP contribution is -2.04. The van der Waals surface area contributed by atoms with E-state index >= 15 is 0 Å². The molecule has 2 rings (SSSR count). The fourth-order valence-electron chi connectivity index (χ4n) is 2.35. The molecule has 0 unspecified atom stereocenters. The second kappa shape index (κ2) is 7.00. The fraction of sp³-hybridized carbons (Fsp3) is 0.294. The van der Waals surface area contributed by atoms with Gasteiger partial charge in [-0.1, -0.05) is 0 Å². The summed E-state index contributed by atoms with van der Waals surface area (Å²) in [5.41, 5.74) is 2.04. The zero-order valence-electron chi connectivity index (χ0n) is 13.9. The van der Waals surface area contributed by atoms with Gasteiger partial charge in [-0.15, -0.1) is 0 Å². The van der Waals surface area contributed by atoms with Gasteiger partial charge >= 0.3 is 0 Å². The first-order chi connectivity index (χ1) is 11.0. The zero-order chi connectivity index (χ0) is 17.0. The van der Waals surface area contributed by atoms with Gasteiger partial charge in [-0.3, -0.25) is 9.48 Å². The van der Waals surface area contributed by atoms with Crippen LogP contribution < -0.4 is 14.2 Å². The molecule has 0 saturated carbocycles. The van der Waals surface area contributed by atoms with Crippen molar-refractivity contribution in [1.29, 1.82) is 0 Å². The number of allylic oxidation sites excluding steroid dienone is 1. The fourth-order valence-corrected chi connectivity index (χ4v) is 2.35. The van der Waals surface area contributed by atoms with Crippen LogP contribution in [0.5, 0.6) is 17.2 Å². The molecular weight excluding hydrogens is 296 g/mol. The van der Waals surface area contributed by atoms with E-state index < -0.39 is 0 Å². The van der Waals surface area contributed by atoms with E-state index in [0.717, 1.165) is 11.3 Å². The number of hydrogen-bond donors (Lipinski definition) is 0. The van der Waals surface area contributed by atoms with Crippen LogP contribution in [0.4, 0.5) is 0 Å². The van der Waals surface area contributed by atoms with Crippen molar-refractivity contribution in [2.45, 2.75) is 6.92 Å². The van der Waals surface area contributed by atoms with E-state index in [1.165, 1.54) is 13.2 Å². The second-order valence-electron chi connectivity index (χ2n) is 4.92. The summed E-state index contributed by atoms with van der Waals surface area (Å²) in [6.45, 7) is 1.85. The zero-order valence-corrected chi connectivity index (χ0v) is 13.9. The van der Waals surface area contributed by atoms with Gasteiger partial charge in [-0.2, -0.15) is 5.10 Å². The van der Waals surface area contributed by atoms with Gasteiger partial charge in [-0.05, 0) is 37.3 Å². The number of hydrogen-bond acceptors (Lipinski definition) is 5. The van der Waals surface area contributed by atoms with Gasteiger partial charge in [0.1, 0.15) is 5.69 Å². The minimum atomic E-state index is -0.134. The van der Waals surface area contributed by atoms with Crippen molar-refractivity contribution in [3.63, 3.8) is 0 Å². The molecule has 0 saturated heterocycles. The van der Waals surface area contributed by atoms with Crippen LogP contribution in [0.1, 0.15) is 21.7 Å². The number of carbonyl (C=O) groups is 1. The highest BCUT2D eigenvalue weighted by Gasteiger charge is 2.15. The Morgan fingerprint density at radius 1 is 1.13 bits per heavy atom. The van der Waals surface area contributed by atoms with Crippen LogP contribution in [-0.2, 0) is 7.05 Å². The highest BCUT2D eigenvalue weighted by molar-refractivity contribution is 6.06. The van der Waals surface area contributed by atoms with Gasteiger partial charge in [0.2, 0.25) is 11.5 Å². The molecule has 0 atom stereocenters. The number of rotatable bonds is 6. The maximum Gasteiger partial charge on any atom is 0.203 e. The lowest BCUT2D eigenvalue weighted by atomic mass is 10.1. The normalized spacial score (nSPS) is 10.8. The van der Waals surface area contributed by atoms with Gasteiger partial charge in [0.05, 0.1) is 27.0 Å². The second-order valence-corrected chi connectivity index (χ2v) is 4.92. The molecule has 1 heterocycles. The molecule has 0 fully saturated rings. The van der Waals surface area contributed by atoms with Crippen molar-refractivity contribution >= 4 is 11.9 Å². The number of nitrogens with zero attached hydrogens (tertiary/aromatic N) is 2. The van der Waals surface area contributed by atoms with Crippen LogP contribution in [0, 0.1) is 6.92 Å². The van der Waals surface area contributed by atoms with Crippen LogP contribution in [0.3, 0.4) is 0 Å². The monoisotopic (exact) mass is 316 g/mol. The Labute approximate surface area is 135 Å². The van der Waals surface area contributed by atoms with Crippen molar-refractivity contribution in [3.05, 3.63) is 41.2 Å². The molecule has 0 bridgehead atoms. The third-order valence-electron chi connectivity index (χ3n) is 3.40. The van der Waals surface area contributed by atoms with Gasteiger partial charge in [0, 0.05) is 12.6 Å². The van der Waals surface area contributed by atoms with Crippen LogP contribution in [-0.4, -0.2) is 36.9 Å². The van der Waals surface area contributed by atoms with E-state index in [9.17, 15) is 4.79 Å². The predicted molar refractivity (Wildman–Crippen MR) is 87.4 cm³/mol. The molecule has 0 aliphatic carbocycles. The molecule has 6 nitrogen and oxygen atoms in total. The van der Waals surface area contributed by atoms with E-state index in [2.05, 4.69) is 5.10 Å². The first kappa shape index (κ1) is 16.6. The number of aromatic nitrogens is 2. The molecule has 0 aliphatic rings. The van der Waals surface area contributed by atoms with E-state index in [1.807, 2.05) is 6.92 Å². The molecule has 0 N–H and O–H groups in total. The number of methoxy groups -OCH3 is 3. The van der Waals surface area contributed by atoms with Crippen molar-refractivity contribution in [3.8, 4) is 17.2 Å². The molecule has 122 valence electrons. The maximum atomic E-state index is 12.3. The van der Waals surface area contributed by atoms with E-state index in [0.29, 0.717) is 22.9 Å². The minimum Gasteiger partial charge on any atom is -0.493 e. The highest BCUT2D eigenvalue weighted by Crippen LogP contribution is 2.40. The van der Waals surface area contributed by atoms with Crippen molar-refractivity contribution in [2.75, 3.05) is 21.3 Å². The predicted octanol–water partition coefficient (Wildman–Crippen LogP) is 2.65. The highest BCUT2D eigenvalue weighted by atomic mass is 16.5. The Hall–Kier alpha value is -2.76. The Balaban J connectivity index is 2.36. The largest absolute Gasteiger partial charge is 0.493 e. The summed E-state index contributed by atoms with van der Waals surface area (Å²) in [6, 6.07) is 5.32. The van der Waals surface area contributed by atoms with Crippen molar-refractivity contribution in [1.82, 2.24) is 9.78 Å². The summed E-state index contributed by atoms with van der Waals surface area (Å²) >= 11 is 0. The average Bonchev–Trinajstić information content (AvgIpc) is 2.89. The Morgan fingerprint density at radius 2 is 1.83 bits per heavy atom. The third-order valence-corrected chi connectivity index (χ3v) is 3.40. The Bertz CT molecular complexity index is 747. The SMILES string of the molecule is COc1ccc(/C=C/C(=O)c2cc(C)nn2C)c(OC)c1OC. The van der Waals surface area contributed by atoms with Gasteiger partial charge in [0.25, 0.3) is 0 Å². The lowest BCUT2D eigenvalue weighted by Gasteiger charge is -2.13. The number of aryl methyl sites for hydroxylation is 2. The first-order valence-corrected chi connectivity index (χ1v) is 7.03. The molecule has 0 radical (unpaired) electrons. The summed E-state index contributed by atoms with van der Waals surface area (Å²) in [6.07, 6.45) is 3.17. The molecule has 0 aliphatic heterocycles. The molecule has 23 heavy (non-hydrogen) atoms. The molecule has 1 aromatic heterocycles. The number of ketones is 1. The first-order valence-electron chi connectivity index (χ1n) is 7.03.